The number of hydrogen-bond acceptors (Lipinski definition) is 5. The Hall–Kier alpha value is -1.66. The zero-order valence-electron chi connectivity index (χ0n) is 12.1. The molecule has 0 aliphatic carbocycles. The van der Waals surface area contributed by atoms with Gasteiger partial charge in [0.25, 0.3) is 5.91 Å². The molecule has 0 bridgehead atoms. The highest BCUT2D eigenvalue weighted by molar-refractivity contribution is 5.92. The molecule has 2 N–H and O–H groups in total. The molecule has 0 unspecified atom stereocenters. The van der Waals surface area contributed by atoms with E-state index in [1.165, 1.54) is 0 Å². The molecule has 0 saturated carbocycles. The third-order valence-electron chi connectivity index (χ3n) is 2.54. The lowest BCUT2D eigenvalue weighted by molar-refractivity contribution is 0.0692. The smallest absolute Gasteiger partial charge is 0.269 e. The maximum atomic E-state index is 11.8. The van der Waals surface area contributed by atoms with E-state index < -0.39 is 0 Å². The third kappa shape index (κ3) is 6.49. The lowest BCUT2D eigenvalue weighted by Gasteiger charge is -2.07. The molecule has 20 heavy (non-hydrogen) atoms. The zero-order valence-corrected chi connectivity index (χ0v) is 12.1. The highest BCUT2D eigenvalue weighted by atomic mass is 16.5. The van der Waals surface area contributed by atoms with Crippen molar-refractivity contribution in [3.8, 4) is 0 Å². The van der Waals surface area contributed by atoms with Crippen LogP contribution in [0.5, 0.6) is 0 Å². The van der Waals surface area contributed by atoms with Gasteiger partial charge in [-0.3, -0.25) is 4.79 Å². The summed E-state index contributed by atoms with van der Waals surface area (Å²) in [5, 5.41) is 5.96. The largest absolute Gasteiger partial charge is 0.384 e. The first-order valence-electron chi connectivity index (χ1n) is 6.82. The van der Waals surface area contributed by atoms with Gasteiger partial charge in [0.05, 0.1) is 31.7 Å². The van der Waals surface area contributed by atoms with Gasteiger partial charge in [0.2, 0.25) is 0 Å². The van der Waals surface area contributed by atoms with Crippen molar-refractivity contribution < 1.29 is 14.3 Å². The maximum absolute atomic E-state index is 11.8. The van der Waals surface area contributed by atoms with Crippen LogP contribution in [0.25, 0.3) is 0 Å². The predicted octanol–water partition coefficient (Wildman–Crippen LogP) is 1.30. The van der Waals surface area contributed by atoms with Crippen molar-refractivity contribution in [2.75, 3.05) is 45.3 Å². The average molecular weight is 281 g/mol. The van der Waals surface area contributed by atoms with Gasteiger partial charge >= 0.3 is 0 Å². The van der Waals surface area contributed by atoms with Crippen LogP contribution < -0.4 is 10.6 Å². The number of carbonyl (C=O) groups excluding carboxylic acids is 1. The van der Waals surface area contributed by atoms with Gasteiger partial charge in [-0.15, -0.1) is 0 Å². The fraction of sp³-hybridized carbons (Fsp3) is 0.571. The Labute approximate surface area is 119 Å². The van der Waals surface area contributed by atoms with E-state index >= 15 is 0 Å². The first kappa shape index (κ1) is 16.4. The molecule has 0 radical (unpaired) electrons. The van der Waals surface area contributed by atoms with E-state index in [2.05, 4.69) is 22.5 Å². The Morgan fingerprint density at radius 1 is 1.25 bits per heavy atom. The molecule has 6 nitrogen and oxygen atoms in total. The lowest BCUT2D eigenvalue weighted by Crippen LogP contribution is -2.28. The van der Waals surface area contributed by atoms with Crippen molar-refractivity contribution in [3.05, 3.63) is 24.0 Å². The Morgan fingerprint density at radius 3 is 2.75 bits per heavy atom. The van der Waals surface area contributed by atoms with Gasteiger partial charge in [0.15, 0.2) is 0 Å². The minimum atomic E-state index is -0.192. The number of anilines is 1. The van der Waals surface area contributed by atoms with Crippen molar-refractivity contribution in [3.63, 3.8) is 0 Å². The second-order valence-electron chi connectivity index (χ2n) is 4.22. The number of pyridine rings is 1. The van der Waals surface area contributed by atoms with Crippen molar-refractivity contribution in [2.24, 2.45) is 0 Å². The normalized spacial score (nSPS) is 10.3. The number of rotatable bonds is 10. The fourth-order valence-corrected chi connectivity index (χ4v) is 1.47. The number of aromatic nitrogens is 1. The van der Waals surface area contributed by atoms with Gasteiger partial charge in [-0.05, 0) is 18.6 Å². The molecule has 1 rings (SSSR count). The molecule has 0 aliphatic rings. The van der Waals surface area contributed by atoms with Crippen LogP contribution in [0.4, 0.5) is 5.69 Å². The second kappa shape index (κ2) is 10.2. The van der Waals surface area contributed by atoms with Crippen LogP contribution in [0.15, 0.2) is 18.3 Å². The van der Waals surface area contributed by atoms with E-state index in [0.717, 1.165) is 18.7 Å². The number of hydrogen-bond donors (Lipinski definition) is 2. The average Bonchev–Trinajstić information content (AvgIpc) is 2.49. The highest BCUT2D eigenvalue weighted by Gasteiger charge is 2.05. The fourth-order valence-electron chi connectivity index (χ4n) is 1.47. The van der Waals surface area contributed by atoms with Gasteiger partial charge in [-0.25, -0.2) is 4.98 Å². The molecular weight excluding hydrogens is 258 g/mol. The molecule has 1 aromatic rings. The van der Waals surface area contributed by atoms with Crippen LogP contribution in [0.2, 0.25) is 0 Å². The highest BCUT2D eigenvalue weighted by Crippen LogP contribution is 2.05. The number of carbonyl (C=O) groups is 1. The van der Waals surface area contributed by atoms with Crippen molar-refractivity contribution in [2.45, 2.75) is 13.3 Å². The summed E-state index contributed by atoms with van der Waals surface area (Å²) in [7, 11) is 1.62. The molecule has 1 heterocycles. The first-order chi connectivity index (χ1) is 9.77. The summed E-state index contributed by atoms with van der Waals surface area (Å²) < 4.78 is 10.1. The Bertz CT molecular complexity index is 382. The standard InChI is InChI=1S/C14H23N3O3/c1-3-6-15-12-4-5-13(17-11-12)14(18)16-7-8-20-10-9-19-2/h4-5,11,15H,3,6-10H2,1-2H3,(H,16,18). The third-order valence-corrected chi connectivity index (χ3v) is 2.54. The van der Waals surface area contributed by atoms with E-state index in [9.17, 15) is 4.79 Å². The molecule has 112 valence electrons. The van der Waals surface area contributed by atoms with Crippen LogP contribution in [-0.4, -0.2) is 50.9 Å². The quantitative estimate of drug-likeness (QED) is 0.632. The van der Waals surface area contributed by atoms with E-state index in [1.807, 2.05) is 6.07 Å². The summed E-state index contributed by atoms with van der Waals surface area (Å²) in [4.78, 5) is 15.9. The van der Waals surface area contributed by atoms with E-state index in [-0.39, 0.29) is 5.91 Å². The summed E-state index contributed by atoms with van der Waals surface area (Å²) >= 11 is 0. The molecular formula is C14H23N3O3. The maximum Gasteiger partial charge on any atom is 0.269 e. The molecule has 0 aromatic carbocycles. The molecule has 1 aromatic heterocycles. The summed E-state index contributed by atoms with van der Waals surface area (Å²) in [6.45, 7) is 5.00. The minimum Gasteiger partial charge on any atom is -0.384 e. The summed E-state index contributed by atoms with van der Waals surface area (Å²) in [5.74, 6) is -0.192. The van der Waals surface area contributed by atoms with E-state index in [4.69, 9.17) is 9.47 Å². The molecule has 1 amide bonds. The van der Waals surface area contributed by atoms with Crippen molar-refractivity contribution >= 4 is 11.6 Å². The molecule has 0 spiro atoms. The summed E-state index contributed by atoms with van der Waals surface area (Å²) in [6.07, 6.45) is 2.71. The summed E-state index contributed by atoms with van der Waals surface area (Å²) in [5.41, 5.74) is 1.33. The van der Waals surface area contributed by atoms with Crippen molar-refractivity contribution in [1.29, 1.82) is 0 Å². The van der Waals surface area contributed by atoms with Crippen molar-refractivity contribution in [1.82, 2.24) is 10.3 Å². The van der Waals surface area contributed by atoms with Crippen LogP contribution >= 0.6 is 0 Å². The Kier molecular flexibility index (Phi) is 8.33. The van der Waals surface area contributed by atoms with E-state index in [0.29, 0.717) is 32.1 Å². The Balaban J connectivity index is 2.25. The van der Waals surface area contributed by atoms with Crippen LogP contribution in [0.1, 0.15) is 23.8 Å². The molecule has 0 aliphatic heterocycles. The minimum absolute atomic E-state index is 0.192. The topological polar surface area (TPSA) is 72.5 Å². The monoisotopic (exact) mass is 281 g/mol. The van der Waals surface area contributed by atoms with Gasteiger partial charge in [-0.2, -0.15) is 0 Å². The molecule has 0 saturated heterocycles. The number of ether oxygens (including phenoxy) is 2. The number of nitrogens with zero attached hydrogens (tertiary/aromatic N) is 1. The molecule has 0 fully saturated rings. The number of nitrogens with one attached hydrogen (secondary N) is 2. The summed E-state index contributed by atoms with van der Waals surface area (Å²) in [6, 6.07) is 3.56. The van der Waals surface area contributed by atoms with E-state index in [1.54, 1.807) is 19.4 Å². The molecule has 0 atom stereocenters. The van der Waals surface area contributed by atoms with Crippen LogP contribution in [-0.2, 0) is 9.47 Å². The van der Waals surface area contributed by atoms with Gasteiger partial charge in [0.1, 0.15) is 5.69 Å². The zero-order chi connectivity index (χ0) is 14.6. The van der Waals surface area contributed by atoms with Gasteiger partial charge < -0.3 is 20.1 Å². The van der Waals surface area contributed by atoms with Gasteiger partial charge in [0, 0.05) is 20.2 Å². The number of methoxy groups -OCH3 is 1. The van der Waals surface area contributed by atoms with Crippen LogP contribution in [0.3, 0.4) is 0 Å². The van der Waals surface area contributed by atoms with Crippen LogP contribution in [0, 0.1) is 0 Å². The second-order valence-corrected chi connectivity index (χ2v) is 4.22. The predicted molar refractivity (Wildman–Crippen MR) is 78.0 cm³/mol. The number of amides is 1. The van der Waals surface area contributed by atoms with Gasteiger partial charge in [-0.1, -0.05) is 6.92 Å². The SMILES string of the molecule is CCCNc1ccc(C(=O)NCCOCCOC)nc1. The lowest BCUT2D eigenvalue weighted by atomic mass is 10.3. The first-order valence-corrected chi connectivity index (χ1v) is 6.82. The Morgan fingerprint density at radius 2 is 2.10 bits per heavy atom. The molecule has 6 heteroatoms.